The second kappa shape index (κ2) is 16.9. The standard InChI is InChI=1S/C31H46N4O8/c1-17-13-21-26(34-12-11-33-5)23(36)16-22(28(21)38)35-30(39)18(2)9-8-10-24(41-6)29(43-31(32)40)20(4)15-19(3)27(37)25(14-17)42-7/h8-10,15-17,19,24-25,27,29,33-34,37H,11-14H2,1-7H3,(H2,32,40)(H,35,39)/b10-8-,18-9+,20-15+/t17-,19+,24+,25+,27-,29+/m1/s1. The van der Waals surface area contributed by atoms with Crippen LogP contribution in [0, 0.1) is 11.8 Å². The zero-order valence-corrected chi connectivity index (χ0v) is 26.1. The number of hydrogen-bond acceptors (Lipinski definition) is 10. The maximum atomic E-state index is 13.6. The van der Waals surface area contributed by atoms with E-state index in [-0.39, 0.29) is 34.9 Å². The van der Waals surface area contributed by atoms with Crippen LogP contribution in [0.1, 0.15) is 40.5 Å². The SMILES string of the molecule is CNCCNC1=C2C[C@@H](C)C[C@H](OC)[C@H](O)[C@@H](C)/C=C(\C)[C@H](OC(N)=O)[C@@H](OC)/C=C\C=C(/C)C(=O)NC(=CC1=O)C2=O. The average molecular weight is 603 g/mol. The van der Waals surface area contributed by atoms with Crippen LogP contribution in [0.2, 0.25) is 0 Å². The van der Waals surface area contributed by atoms with Crippen LogP contribution in [-0.4, -0.2) is 87.4 Å². The van der Waals surface area contributed by atoms with E-state index in [4.69, 9.17) is 19.9 Å². The number of Topliss-reactive ketones (excluding diaryl/α,β-unsaturated/α-hetero) is 1. The molecule has 43 heavy (non-hydrogen) atoms. The van der Waals surface area contributed by atoms with Crippen LogP contribution >= 0.6 is 0 Å². The summed E-state index contributed by atoms with van der Waals surface area (Å²) in [5, 5.41) is 19.9. The number of methoxy groups -OCH3 is 2. The number of rotatable bonds is 7. The number of carbonyl (C=O) groups excluding carboxylic acids is 4. The van der Waals surface area contributed by atoms with E-state index in [0.29, 0.717) is 25.1 Å². The first-order chi connectivity index (χ1) is 20.3. The number of aliphatic hydroxyl groups excluding tert-OH is 1. The molecule has 6 atom stereocenters. The van der Waals surface area contributed by atoms with Gasteiger partial charge in [-0.05, 0) is 45.2 Å². The Morgan fingerprint density at radius 3 is 2.44 bits per heavy atom. The van der Waals surface area contributed by atoms with Crippen molar-refractivity contribution >= 4 is 23.6 Å². The van der Waals surface area contributed by atoms with Crippen LogP contribution < -0.4 is 21.7 Å². The lowest BCUT2D eigenvalue weighted by Crippen LogP contribution is -2.38. The largest absolute Gasteiger partial charge is 0.439 e. The number of likely N-dealkylation sites (N-methyl/N-ethyl adjacent to an activating group) is 1. The molecule has 2 amide bonds. The van der Waals surface area contributed by atoms with Gasteiger partial charge >= 0.3 is 6.09 Å². The predicted molar refractivity (Wildman–Crippen MR) is 161 cm³/mol. The van der Waals surface area contributed by atoms with E-state index < -0.39 is 53.9 Å². The molecule has 0 spiro atoms. The van der Waals surface area contributed by atoms with Gasteiger partial charge in [0.15, 0.2) is 6.10 Å². The molecule has 0 radical (unpaired) electrons. The topological polar surface area (TPSA) is 178 Å². The summed E-state index contributed by atoms with van der Waals surface area (Å²) in [6.07, 6.45) is 3.86. The minimum absolute atomic E-state index is 0.118. The molecular weight excluding hydrogens is 556 g/mol. The predicted octanol–water partition coefficient (Wildman–Crippen LogP) is 1.57. The van der Waals surface area contributed by atoms with Crippen molar-refractivity contribution in [3.63, 3.8) is 0 Å². The molecule has 1 heterocycles. The Labute approximate surface area is 253 Å². The van der Waals surface area contributed by atoms with Crippen LogP contribution in [0.4, 0.5) is 4.79 Å². The van der Waals surface area contributed by atoms with Crippen LogP contribution in [0.25, 0.3) is 0 Å². The number of carbonyl (C=O) groups is 4. The number of hydrogen-bond donors (Lipinski definition) is 5. The molecule has 2 bridgehead atoms. The van der Waals surface area contributed by atoms with Gasteiger partial charge in [-0.3, -0.25) is 14.4 Å². The molecule has 12 nitrogen and oxygen atoms in total. The van der Waals surface area contributed by atoms with E-state index in [2.05, 4.69) is 16.0 Å². The van der Waals surface area contributed by atoms with Crippen LogP contribution in [-0.2, 0) is 28.6 Å². The van der Waals surface area contributed by atoms with Crippen molar-refractivity contribution in [2.45, 2.75) is 65.0 Å². The van der Waals surface area contributed by atoms with Crippen molar-refractivity contribution in [1.29, 1.82) is 0 Å². The van der Waals surface area contributed by atoms with Gasteiger partial charge in [-0.15, -0.1) is 0 Å². The number of fused-ring (bicyclic) bond motifs is 2. The van der Waals surface area contributed by atoms with Crippen molar-refractivity contribution in [2.24, 2.45) is 17.6 Å². The molecule has 12 heteroatoms. The molecule has 1 aliphatic carbocycles. The van der Waals surface area contributed by atoms with Gasteiger partial charge in [0.25, 0.3) is 5.91 Å². The summed E-state index contributed by atoms with van der Waals surface area (Å²) in [4.78, 5) is 51.5. The summed E-state index contributed by atoms with van der Waals surface area (Å²) in [5.41, 5.74) is 6.52. The van der Waals surface area contributed by atoms with Gasteiger partial charge in [0.1, 0.15) is 6.10 Å². The Bertz CT molecular complexity index is 1200. The summed E-state index contributed by atoms with van der Waals surface area (Å²) in [7, 11) is 4.71. The van der Waals surface area contributed by atoms with Crippen molar-refractivity contribution in [3.05, 3.63) is 58.5 Å². The van der Waals surface area contributed by atoms with Gasteiger partial charge in [-0.2, -0.15) is 0 Å². The molecule has 0 unspecified atom stereocenters. The molecule has 0 fully saturated rings. The van der Waals surface area contributed by atoms with Crippen LogP contribution in [0.15, 0.2) is 58.5 Å². The average Bonchev–Trinajstić information content (AvgIpc) is 2.95. The van der Waals surface area contributed by atoms with E-state index in [1.54, 1.807) is 39.1 Å². The zero-order chi connectivity index (χ0) is 32.3. The smallest absolute Gasteiger partial charge is 0.405 e. The number of ketones is 2. The third-order valence-corrected chi connectivity index (χ3v) is 7.47. The van der Waals surface area contributed by atoms with Crippen molar-refractivity contribution in [1.82, 2.24) is 16.0 Å². The van der Waals surface area contributed by atoms with Gasteiger partial charge < -0.3 is 41.0 Å². The van der Waals surface area contributed by atoms with Crippen molar-refractivity contribution in [3.8, 4) is 0 Å². The number of nitrogens with one attached hydrogen (secondary N) is 3. The van der Waals surface area contributed by atoms with Gasteiger partial charge in [-0.25, -0.2) is 4.79 Å². The quantitative estimate of drug-likeness (QED) is 0.163. The highest BCUT2D eigenvalue weighted by atomic mass is 16.6. The molecule has 1 aliphatic heterocycles. The van der Waals surface area contributed by atoms with E-state index in [1.807, 2.05) is 13.8 Å². The first-order valence-corrected chi connectivity index (χ1v) is 14.3. The Hall–Kier alpha value is -3.58. The fraction of sp³-hybridized carbons (Fsp3) is 0.548. The first-order valence-electron chi connectivity index (χ1n) is 14.3. The molecule has 0 aromatic heterocycles. The third-order valence-electron chi connectivity index (χ3n) is 7.47. The van der Waals surface area contributed by atoms with Gasteiger partial charge in [0.05, 0.1) is 23.6 Å². The number of nitrogens with two attached hydrogens (primary N) is 1. The Morgan fingerprint density at radius 1 is 1.14 bits per heavy atom. The number of aliphatic hydroxyl groups is 1. The van der Waals surface area contributed by atoms with E-state index in [1.165, 1.54) is 20.3 Å². The lowest BCUT2D eigenvalue weighted by atomic mass is 9.85. The van der Waals surface area contributed by atoms with Gasteiger partial charge in [-0.1, -0.05) is 38.2 Å². The Kier molecular flexibility index (Phi) is 14.0. The molecule has 6 N–H and O–H groups in total. The lowest BCUT2D eigenvalue weighted by molar-refractivity contribution is -0.120. The summed E-state index contributed by atoms with van der Waals surface area (Å²) in [6, 6.07) is 0. The Morgan fingerprint density at radius 2 is 1.84 bits per heavy atom. The lowest BCUT2D eigenvalue weighted by Gasteiger charge is -2.30. The number of amides is 2. The van der Waals surface area contributed by atoms with Crippen LogP contribution in [0.5, 0.6) is 0 Å². The van der Waals surface area contributed by atoms with Crippen molar-refractivity contribution < 1.29 is 38.5 Å². The first kappa shape index (κ1) is 35.6. The van der Waals surface area contributed by atoms with Gasteiger partial charge in [0, 0.05) is 50.4 Å². The normalized spacial score (nSPS) is 31.3. The molecule has 2 rings (SSSR count). The molecule has 238 valence electrons. The zero-order valence-electron chi connectivity index (χ0n) is 26.1. The minimum atomic E-state index is -0.998. The monoisotopic (exact) mass is 602 g/mol. The molecule has 0 aromatic carbocycles. The fourth-order valence-electron chi connectivity index (χ4n) is 5.09. The molecule has 2 aliphatic rings. The van der Waals surface area contributed by atoms with E-state index in [0.717, 1.165) is 6.08 Å². The van der Waals surface area contributed by atoms with Gasteiger partial charge in [0.2, 0.25) is 11.6 Å². The minimum Gasteiger partial charge on any atom is -0.439 e. The van der Waals surface area contributed by atoms with Crippen LogP contribution in [0.3, 0.4) is 0 Å². The maximum Gasteiger partial charge on any atom is 0.405 e. The molecule has 0 aromatic rings. The van der Waals surface area contributed by atoms with Crippen molar-refractivity contribution in [2.75, 3.05) is 34.4 Å². The fourth-order valence-corrected chi connectivity index (χ4v) is 5.09. The second-order valence-corrected chi connectivity index (χ2v) is 11.0. The molecule has 0 saturated carbocycles. The van der Waals surface area contributed by atoms with E-state index in [9.17, 15) is 24.3 Å². The maximum absolute atomic E-state index is 13.6. The number of primary amides is 1. The van der Waals surface area contributed by atoms with E-state index >= 15 is 0 Å². The summed E-state index contributed by atoms with van der Waals surface area (Å²) in [6.45, 7) is 7.98. The molecule has 0 saturated heterocycles. The highest BCUT2D eigenvalue weighted by molar-refractivity contribution is 6.23. The molecular formula is C31H46N4O8. The second-order valence-electron chi connectivity index (χ2n) is 11.0. The highest BCUT2D eigenvalue weighted by Crippen LogP contribution is 2.28. The third kappa shape index (κ3) is 9.99. The summed E-state index contributed by atoms with van der Waals surface area (Å²) in [5.74, 6) is -2.08. The highest BCUT2D eigenvalue weighted by Gasteiger charge is 2.33. The number of allylic oxidation sites excluding steroid dienone is 4. The summed E-state index contributed by atoms with van der Waals surface area (Å²) >= 11 is 0. The summed E-state index contributed by atoms with van der Waals surface area (Å²) < 4.78 is 16.6. The number of ether oxygens (including phenoxy) is 3. The Balaban J connectivity index is 2.61.